The summed E-state index contributed by atoms with van der Waals surface area (Å²) in [5.74, 6) is -2.76. The summed E-state index contributed by atoms with van der Waals surface area (Å²) in [6.07, 6.45) is -0.618. The number of carboxylic acids is 1. The van der Waals surface area contributed by atoms with E-state index in [1.54, 1.807) is 23.0 Å². The zero-order valence-electron chi connectivity index (χ0n) is 17.0. The number of halogens is 5. The van der Waals surface area contributed by atoms with Gasteiger partial charge in [-0.05, 0) is 19.1 Å². The van der Waals surface area contributed by atoms with E-state index in [-0.39, 0.29) is 18.7 Å². The summed E-state index contributed by atoms with van der Waals surface area (Å²) in [6.45, 7) is 2.04. The van der Waals surface area contributed by atoms with Crippen molar-refractivity contribution < 1.29 is 31.9 Å². The fraction of sp³-hybridized carbons (Fsp3) is 0.278. The molecule has 0 fully saturated rings. The van der Waals surface area contributed by atoms with Gasteiger partial charge < -0.3 is 10.8 Å². The molecule has 0 amide bonds. The average Bonchev–Trinajstić information content (AvgIpc) is 3.38. The number of nitrogens with zero attached hydrogens (tertiary/aromatic N) is 6. The molecule has 0 atom stereocenters. The highest BCUT2D eigenvalue weighted by Gasteiger charge is 2.38. The highest BCUT2D eigenvalue weighted by Crippen LogP contribution is 2.17. The number of aliphatic carboxylic acids is 1. The van der Waals surface area contributed by atoms with Crippen molar-refractivity contribution in [2.75, 3.05) is 6.54 Å². The molecular formula is C18H18F5N7O3. The number of carbonyl (C=O) groups is 1. The van der Waals surface area contributed by atoms with E-state index in [1.807, 2.05) is 13.1 Å². The van der Waals surface area contributed by atoms with Crippen molar-refractivity contribution in [1.82, 2.24) is 29.1 Å². The molecule has 3 rings (SSSR count). The van der Waals surface area contributed by atoms with Crippen LogP contribution in [0.15, 0.2) is 53.5 Å². The third-order valence-electron chi connectivity index (χ3n) is 4.11. The summed E-state index contributed by atoms with van der Waals surface area (Å²) in [4.78, 5) is 25.6. The molecule has 3 heterocycles. The van der Waals surface area contributed by atoms with Crippen molar-refractivity contribution in [2.24, 2.45) is 5.73 Å². The molecule has 15 heteroatoms. The van der Waals surface area contributed by atoms with Gasteiger partial charge in [-0.15, -0.1) is 0 Å². The molecule has 0 aliphatic rings. The van der Waals surface area contributed by atoms with Crippen LogP contribution in [0, 0.1) is 0 Å². The Morgan fingerprint density at radius 2 is 1.85 bits per heavy atom. The molecule has 0 aliphatic carbocycles. The van der Waals surface area contributed by atoms with E-state index in [1.165, 1.54) is 17.1 Å². The molecule has 3 aromatic rings. The molecule has 0 saturated heterocycles. The number of aryl methyl sites for hydroxylation is 1. The summed E-state index contributed by atoms with van der Waals surface area (Å²) in [7, 11) is 0. The monoisotopic (exact) mass is 475 g/mol. The Balaban J connectivity index is 0.000000479. The molecule has 0 radical (unpaired) electrons. The topological polar surface area (TPSA) is 134 Å². The first-order valence-electron chi connectivity index (χ1n) is 9.14. The SMILES string of the molecule is CCn1cc(-c2ccc(-n3cnn(CC(CN)=C(F)F)c3=O)cn2)cn1.O=C(O)C(F)(F)F. The van der Waals surface area contributed by atoms with Gasteiger partial charge in [-0.1, -0.05) is 0 Å². The van der Waals surface area contributed by atoms with Crippen LogP contribution >= 0.6 is 0 Å². The highest BCUT2D eigenvalue weighted by molar-refractivity contribution is 5.73. The van der Waals surface area contributed by atoms with Gasteiger partial charge in [0.2, 0.25) is 0 Å². The largest absolute Gasteiger partial charge is 0.490 e. The Kier molecular flexibility index (Phi) is 8.17. The van der Waals surface area contributed by atoms with E-state index in [4.69, 9.17) is 15.6 Å². The van der Waals surface area contributed by atoms with Crippen LogP contribution in [0.1, 0.15) is 6.92 Å². The predicted octanol–water partition coefficient (Wildman–Crippen LogP) is 2.06. The molecule has 178 valence electrons. The van der Waals surface area contributed by atoms with Gasteiger partial charge >= 0.3 is 17.8 Å². The first-order valence-corrected chi connectivity index (χ1v) is 9.14. The van der Waals surface area contributed by atoms with Crippen LogP contribution in [0.2, 0.25) is 0 Å². The maximum absolute atomic E-state index is 12.7. The smallest absolute Gasteiger partial charge is 0.475 e. The summed E-state index contributed by atoms with van der Waals surface area (Å²) < 4.78 is 61.1. The lowest BCUT2D eigenvalue weighted by molar-refractivity contribution is -0.192. The van der Waals surface area contributed by atoms with Crippen LogP contribution in [-0.4, -0.2) is 52.9 Å². The Hall–Kier alpha value is -3.88. The van der Waals surface area contributed by atoms with Crippen molar-refractivity contribution in [3.63, 3.8) is 0 Å². The van der Waals surface area contributed by atoms with E-state index >= 15 is 0 Å². The minimum Gasteiger partial charge on any atom is -0.475 e. The lowest BCUT2D eigenvalue weighted by atomic mass is 10.2. The molecule has 0 saturated carbocycles. The molecule has 3 aromatic heterocycles. The first kappa shape index (κ1) is 25.4. The second-order valence-corrected chi connectivity index (χ2v) is 6.30. The average molecular weight is 475 g/mol. The Morgan fingerprint density at radius 1 is 1.18 bits per heavy atom. The van der Waals surface area contributed by atoms with Gasteiger partial charge in [0.25, 0.3) is 6.08 Å². The molecule has 0 spiro atoms. The Labute approximate surface area is 182 Å². The maximum atomic E-state index is 12.7. The van der Waals surface area contributed by atoms with E-state index < -0.39 is 23.9 Å². The third kappa shape index (κ3) is 6.55. The number of alkyl halides is 3. The van der Waals surface area contributed by atoms with Gasteiger partial charge in [0, 0.05) is 30.4 Å². The van der Waals surface area contributed by atoms with Crippen LogP contribution in [0.4, 0.5) is 22.0 Å². The van der Waals surface area contributed by atoms with Gasteiger partial charge in [-0.2, -0.15) is 32.1 Å². The zero-order chi connectivity index (χ0) is 24.8. The number of rotatable bonds is 6. The number of aromatic nitrogens is 6. The zero-order valence-corrected chi connectivity index (χ0v) is 17.0. The van der Waals surface area contributed by atoms with Crippen molar-refractivity contribution in [2.45, 2.75) is 26.2 Å². The standard InChI is InChI=1S/C16H17F2N7O.C2HF3O2/c1-2-23-8-12(6-21-23)14-4-3-13(7-20-14)24-10-22-25(16(24)26)9-11(5-19)15(17)18;3-2(4,5)1(6)7/h3-4,6-8,10H,2,5,9,19H2,1H3;(H,6,7). The minimum atomic E-state index is -5.08. The molecule has 3 N–H and O–H groups in total. The van der Waals surface area contributed by atoms with E-state index in [0.717, 1.165) is 16.8 Å². The van der Waals surface area contributed by atoms with Gasteiger partial charge in [0.1, 0.15) is 6.33 Å². The van der Waals surface area contributed by atoms with Crippen molar-refractivity contribution >= 4 is 5.97 Å². The highest BCUT2D eigenvalue weighted by atomic mass is 19.4. The minimum absolute atomic E-state index is 0.334. The molecule has 0 aromatic carbocycles. The number of nitrogens with two attached hydrogens (primary N) is 1. The molecule has 0 aliphatic heterocycles. The number of pyridine rings is 1. The van der Waals surface area contributed by atoms with Crippen molar-refractivity contribution in [3.8, 4) is 16.9 Å². The quantitative estimate of drug-likeness (QED) is 0.521. The van der Waals surface area contributed by atoms with E-state index in [9.17, 15) is 26.7 Å². The maximum Gasteiger partial charge on any atom is 0.490 e. The Bertz CT molecular complexity index is 1180. The normalized spacial score (nSPS) is 11.0. The fourth-order valence-corrected chi connectivity index (χ4v) is 2.37. The Morgan fingerprint density at radius 3 is 2.30 bits per heavy atom. The molecule has 0 bridgehead atoms. The van der Waals surface area contributed by atoms with Crippen LogP contribution < -0.4 is 11.4 Å². The van der Waals surface area contributed by atoms with Crippen LogP contribution in [-0.2, 0) is 17.9 Å². The van der Waals surface area contributed by atoms with Gasteiger partial charge in [0.15, 0.2) is 0 Å². The molecular weight excluding hydrogens is 457 g/mol. The summed E-state index contributed by atoms with van der Waals surface area (Å²) in [5, 5.41) is 15.2. The molecule has 0 unspecified atom stereocenters. The van der Waals surface area contributed by atoms with Crippen LogP contribution in [0.25, 0.3) is 16.9 Å². The number of hydrogen-bond acceptors (Lipinski definition) is 6. The van der Waals surface area contributed by atoms with Gasteiger partial charge in [0.05, 0.1) is 30.3 Å². The van der Waals surface area contributed by atoms with Gasteiger partial charge in [-0.25, -0.2) is 18.8 Å². The second kappa shape index (κ2) is 10.6. The molecule has 10 nitrogen and oxygen atoms in total. The second-order valence-electron chi connectivity index (χ2n) is 6.30. The first-order chi connectivity index (χ1) is 15.5. The van der Waals surface area contributed by atoms with E-state index in [2.05, 4.69) is 15.2 Å². The predicted molar refractivity (Wildman–Crippen MR) is 105 cm³/mol. The summed E-state index contributed by atoms with van der Waals surface area (Å²) >= 11 is 0. The third-order valence-corrected chi connectivity index (χ3v) is 4.11. The van der Waals surface area contributed by atoms with Crippen molar-refractivity contribution in [3.05, 3.63) is 59.2 Å². The number of carboxylic acid groups (broad SMARTS) is 1. The van der Waals surface area contributed by atoms with Gasteiger partial charge in [-0.3, -0.25) is 9.67 Å². The summed E-state index contributed by atoms with van der Waals surface area (Å²) in [6, 6.07) is 3.46. The lowest BCUT2D eigenvalue weighted by Gasteiger charge is -2.03. The van der Waals surface area contributed by atoms with Crippen molar-refractivity contribution in [1.29, 1.82) is 0 Å². The summed E-state index contributed by atoms with van der Waals surface area (Å²) in [5.41, 5.74) is 6.43. The lowest BCUT2D eigenvalue weighted by Crippen LogP contribution is -2.26. The van der Waals surface area contributed by atoms with Crippen LogP contribution in [0.5, 0.6) is 0 Å². The number of hydrogen-bond donors (Lipinski definition) is 2. The van der Waals surface area contributed by atoms with E-state index in [0.29, 0.717) is 11.4 Å². The van der Waals surface area contributed by atoms with Crippen LogP contribution in [0.3, 0.4) is 0 Å². The fourth-order valence-electron chi connectivity index (χ4n) is 2.37. The molecule has 33 heavy (non-hydrogen) atoms.